The number of amides is 1. The van der Waals surface area contributed by atoms with Gasteiger partial charge in [0.1, 0.15) is 5.82 Å². The van der Waals surface area contributed by atoms with Crippen molar-refractivity contribution in [2.45, 2.75) is 12.8 Å². The topological polar surface area (TPSA) is 57.3 Å². The highest BCUT2D eigenvalue weighted by Gasteiger charge is 2.16. The molecule has 1 saturated heterocycles. The number of carbonyl (C=O) groups excluding carboxylic acids is 1. The second kappa shape index (κ2) is 8.32. The number of aromatic nitrogens is 1. The number of likely N-dealkylation sites (tertiary alicyclic amines) is 1. The summed E-state index contributed by atoms with van der Waals surface area (Å²) >= 11 is 5.93. The van der Waals surface area contributed by atoms with Gasteiger partial charge in [0.25, 0.3) is 5.91 Å². The molecule has 5 nitrogen and oxygen atoms in total. The number of pyridine rings is 1. The van der Waals surface area contributed by atoms with Crippen molar-refractivity contribution in [2.75, 3.05) is 37.3 Å². The molecule has 25 heavy (non-hydrogen) atoms. The molecule has 0 bridgehead atoms. The molecule has 1 unspecified atom stereocenters. The first kappa shape index (κ1) is 17.7. The van der Waals surface area contributed by atoms with Crippen LogP contribution in [-0.4, -0.2) is 42.5 Å². The van der Waals surface area contributed by atoms with Crippen molar-refractivity contribution >= 4 is 29.0 Å². The van der Waals surface area contributed by atoms with Crippen LogP contribution < -0.4 is 10.6 Å². The molecule has 0 aliphatic carbocycles. The molecule has 2 N–H and O–H groups in total. The van der Waals surface area contributed by atoms with Crippen LogP contribution in [0.3, 0.4) is 0 Å². The lowest BCUT2D eigenvalue weighted by molar-refractivity contribution is 0.102. The average Bonchev–Trinajstić information content (AvgIpc) is 2.60. The molecule has 132 valence electrons. The molecule has 1 aliphatic heterocycles. The molecule has 1 aromatic carbocycles. The van der Waals surface area contributed by atoms with Crippen LogP contribution in [-0.2, 0) is 0 Å². The highest BCUT2D eigenvalue weighted by atomic mass is 35.5. The van der Waals surface area contributed by atoms with Crippen LogP contribution >= 0.6 is 11.6 Å². The molecular weight excluding hydrogens is 336 g/mol. The maximum atomic E-state index is 12.3. The number of hydrogen-bond donors (Lipinski definition) is 2. The van der Waals surface area contributed by atoms with Gasteiger partial charge in [0.2, 0.25) is 0 Å². The third kappa shape index (κ3) is 5.18. The van der Waals surface area contributed by atoms with Gasteiger partial charge < -0.3 is 15.5 Å². The summed E-state index contributed by atoms with van der Waals surface area (Å²) in [5.41, 5.74) is 1.18. The van der Waals surface area contributed by atoms with Crippen LogP contribution in [0.15, 0.2) is 42.6 Å². The molecule has 1 fully saturated rings. The lowest BCUT2D eigenvalue weighted by Crippen LogP contribution is -2.35. The standard InChI is InChI=1S/C19H23ClN4O/c1-24-9-3-4-14(13-24)11-21-18-8-7-15(12-22-18)19(25)23-17-6-2-5-16(20)10-17/h2,5-8,10,12,14H,3-4,9,11,13H2,1H3,(H,21,22)(H,23,25). The summed E-state index contributed by atoms with van der Waals surface area (Å²) < 4.78 is 0. The predicted octanol–water partition coefficient (Wildman–Crippen LogP) is 3.74. The van der Waals surface area contributed by atoms with Crippen LogP contribution in [0, 0.1) is 5.92 Å². The van der Waals surface area contributed by atoms with Gasteiger partial charge in [0.05, 0.1) is 5.56 Å². The monoisotopic (exact) mass is 358 g/mol. The first-order valence-electron chi connectivity index (χ1n) is 8.55. The number of anilines is 2. The first-order chi connectivity index (χ1) is 12.1. The second-order valence-corrected chi connectivity index (χ2v) is 6.98. The smallest absolute Gasteiger partial charge is 0.257 e. The molecule has 1 aliphatic rings. The number of nitrogens with zero attached hydrogens (tertiary/aromatic N) is 2. The summed E-state index contributed by atoms with van der Waals surface area (Å²) in [6.45, 7) is 3.21. The van der Waals surface area contributed by atoms with Crippen LogP contribution in [0.2, 0.25) is 5.02 Å². The van der Waals surface area contributed by atoms with E-state index in [1.165, 1.54) is 19.4 Å². The van der Waals surface area contributed by atoms with Crippen LogP contribution in [0.1, 0.15) is 23.2 Å². The van der Waals surface area contributed by atoms with Gasteiger partial charge in [-0.05, 0) is 62.7 Å². The fraction of sp³-hybridized carbons (Fsp3) is 0.368. The van der Waals surface area contributed by atoms with Gasteiger partial charge in [-0.2, -0.15) is 0 Å². The number of benzene rings is 1. The van der Waals surface area contributed by atoms with Crippen LogP contribution in [0.4, 0.5) is 11.5 Å². The number of piperidine rings is 1. The van der Waals surface area contributed by atoms with Gasteiger partial charge in [-0.1, -0.05) is 17.7 Å². The average molecular weight is 359 g/mol. The van der Waals surface area contributed by atoms with Gasteiger partial charge in [-0.25, -0.2) is 4.98 Å². The second-order valence-electron chi connectivity index (χ2n) is 6.55. The fourth-order valence-electron chi connectivity index (χ4n) is 3.09. The Kier molecular flexibility index (Phi) is 5.89. The van der Waals surface area contributed by atoms with Crippen LogP contribution in [0.25, 0.3) is 0 Å². The minimum atomic E-state index is -0.199. The van der Waals surface area contributed by atoms with E-state index in [-0.39, 0.29) is 5.91 Å². The lowest BCUT2D eigenvalue weighted by atomic mass is 9.98. The number of rotatable bonds is 5. The Morgan fingerprint density at radius 2 is 2.24 bits per heavy atom. The Labute approximate surface area is 153 Å². The number of carbonyl (C=O) groups is 1. The van der Waals surface area contributed by atoms with E-state index in [9.17, 15) is 4.79 Å². The molecule has 1 atom stereocenters. The summed E-state index contributed by atoms with van der Waals surface area (Å²) in [6, 6.07) is 10.7. The number of halogens is 1. The molecule has 1 aromatic heterocycles. The zero-order valence-electron chi connectivity index (χ0n) is 14.3. The largest absolute Gasteiger partial charge is 0.370 e. The fourth-order valence-corrected chi connectivity index (χ4v) is 3.28. The van der Waals surface area contributed by atoms with Crippen molar-refractivity contribution in [3.8, 4) is 0 Å². The van der Waals surface area contributed by atoms with Crippen molar-refractivity contribution < 1.29 is 4.79 Å². The molecule has 3 rings (SSSR count). The summed E-state index contributed by atoms with van der Waals surface area (Å²) in [7, 11) is 2.16. The minimum Gasteiger partial charge on any atom is -0.370 e. The lowest BCUT2D eigenvalue weighted by Gasteiger charge is -2.29. The van der Waals surface area contributed by atoms with Gasteiger partial charge in [-0.3, -0.25) is 4.79 Å². The number of nitrogens with one attached hydrogen (secondary N) is 2. The SMILES string of the molecule is CN1CCCC(CNc2ccc(C(=O)Nc3cccc(Cl)c3)cn2)C1. The van der Waals surface area contributed by atoms with Crippen molar-refractivity contribution in [2.24, 2.45) is 5.92 Å². The third-order valence-corrected chi connectivity index (χ3v) is 4.64. The van der Waals surface area contributed by atoms with E-state index in [0.717, 1.165) is 18.9 Å². The maximum absolute atomic E-state index is 12.3. The number of hydrogen-bond acceptors (Lipinski definition) is 4. The molecule has 2 aromatic rings. The summed E-state index contributed by atoms with van der Waals surface area (Å²) in [4.78, 5) is 19.0. The molecule has 0 radical (unpaired) electrons. The molecule has 2 heterocycles. The van der Waals surface area contributed by atoms with Crippen molar-refractivity contribution in [1.82, 2.24) is 9.88 Å². The van der Waals surface area contributed by atoms with Crippen LogP contribution in [0.5, 0.6) is 0 Å². The van der Waals surface area contributed by atoms with Gasteiger partial charge >= 0.3 is 0 Å². The highest BCUT2D eigenvalue weighted by Crippen LogP contribution is 2.17. The predicted molar refractivity (Wildman–Crippen MR) is 102 cm³/mol. The zero-order chi connectivity index (χ0) is 17.6. The molecule has 0 spiro atoms. The molecule has 1 amide bonds. The van der Waals surface area contributed by atoms with E-state index in [0.29, 0.717) is 22.2 Å². The van der Waals surface area contributed by atoms with E-state index in [2.05, 4.69) is 27.6 Å². The third-order valence-electron chi connectivity index (χ3n) is 4.40. The Bertz CT molecular complexity index is 720. The van der Waals surface area contributed by atoms with Crippen molar-refractivity contribution in [3.05, 3.63) is 53.2 Å². The Morgan fingerprint density at radius 3 is 2.96 bits per heavy atom. The Morgan fingerprint density at radius 1 is 1.36 bits per heavy atom. The minimum absolute atomic E-state index is 0.199. The van der Waals surface area contributed by atoms with E-state index < -0.39 is 0 Å². The van der Waals surface area contributed by atoms with Gasteiger partial charge in [0, 0.05) is 30.0 Å². The van der Waals surface area contributed by atoms with Crippen molar-refractivity contribution in [3.63, 3.8) is 0 Å². The van der Waals surface area contributed by atoms with E-state index in [4.69, 9.17) is 11.6 Å². The zero-order valence-corrected chi connectivity index (χ0v) is 15.1. The molecular formula is C19H23ClN4O. The maximum Gasteiger partial charge on any atom is 0.257 e. The molecule has 6 heteroatoms. The van der Waals surface area contributed by atoms with E-state index in [1.54, 1.807) is 36.5 Å². The summed E-state index contributed by atoms with van der Waals surface area (Å²) in [5, 5.41) is 6.78. The van der Waals surface area contributed by atoms with Gasteiger partial charge in [0.15, 0.2) is 0 Å². The normalized spacial score (nSPS) is 17.9. The Balaban J connectivity index is 1.53. The quantitative estimate of drug-likeness (QED) is 0.854. The summed E-state index contributed by atoms with van der Waals surface area (Å²) in [6.07, 6.45) is 4.09. The first-order valence-corrected chi connectivity index (χ1v) is 8.93. The highest BCUT2D eigenvalue weighted by molar-refractivity contribution is 6.30. The summed E-state index contributed by atoms with van der Waals surface area (Å²) in [5.74, 6) is 1.24. The van der Waals surface area contributed by atoms with E-state index >= 15 is 0 Å². The van der Waals surface area contributed by atoms with Gasteiger partial charge in [-0.15, -0.1) is 0 Å². The molecule has 0 saturated carbocycles. The van der Waals surface area contributed by atoms with Crippen molar-refractivity contribution in [1.29, 1.82) is 0 Å². The Hall–Kier alpha value is -2.11. The van der Waals surface area contributed by atoms with E-state index in [1.807, 2.05) is 6.07 Å².